The van der Waals surface area contributed by atoms with Crippen molar-refractivity contribution in [2.24, 2.45) is 0 Å². The van der Waals surface area contributed by atoms with Gasteiger partial charge in [-0.05, 0) is 48.5 Å². The molecule has 2 aromatic carbocycles. The topological polar surface area (TPSA) is 87.1 Å². The van der Waals surface area contributed by atoms with Crippen molar-refractivity contribution in [2.45, 2.75) is 13.3 Å². The van der Waals surface area contributed by atoms with Crippen LogP contribution >= 0.6 is 0 Å². The Balaban J connectivity index is 0.000000359. The zero-order valence-corrected chi connectivity index (χ0v) is 15.3. The molecule has 0 aliphatic heterocycles. The number of carboxylic acids is 2. The van der Waals surface area contributed by atoms with Gasteiger partial charge in [0.1, 0.15) is 5.75 Å². The third-order valence-corrected chi connectivity index (χ3v) is 3.83. The molecule has 26 heavy (non-hydrogen) atoms. The van der Waals surface area contributed by atoms with E-state index in [4.69, 9.17) is 14.9 Å². The van der Waals surface area contributed by atoms with E-state index in [0.29, 0.717) is 12.2 Å². The summed E-state index contributed by atoms with van der Waals surface area (Å²) in [4.78, 5) is 21.4. The first kappa shape index (κ1) is 21.2. The average molecular weight is 359 g/mol. The molecule has 0 aromatic heterocycles. The average Bonchev–Trinajstić information content (AvgIpc) is 2.64. The standard InChI is InChI=1S/C16H21NO.C4H4O4/c1-4-17(2)10-9-14-12-15(18-3)11-13-7-5-6-8-16(13)14;5-3(6)1-2-4(7)8/h5-8,11-12H,4,9-10H2,1-3H3;1-2H,(H,5,6)(H,7,8)/b;2-1+. The minimum atomic E-state index is -1.26. The molecule has 2 aromatic rings. The highest BCUT2D eigenvalue weighted by Crippen LogP contribution is 2.25. The number of methoxy groups -OCH3 is 1. The van der Waals surface area contributed by atoms with Crippen molar-refractivity contribution in [2.75, 3.05) is 27.2 Å². The van der Waals surface area contributed by atoms with E-state index in [1.807, 2.05) is 0 Å². The van der Waals surface area contributed by atoms with Gasteiger partial charge < -0.3 is 19.8 Å². The second-order valence-corrected chi connectivity index (χ2v) is 5.66. The fraction of sp³-hybridized carbons (Fsp3) is 0.300. The predicted molar refractivity (Wildman–Crippen MR) is 102 cm³/mol. The first-order valence-electron chi connectivity index (χ1n) is 8.25. The Kier molecular flexibility index (Phi) is 8.87. The highest BCUT2D eigenvalue weighted by atomic mass is 16.5. The Morgan fingerprint density at radius 2 is 1.73 bits per heavy atom. The molecule has 0 unspecified atom stereocenters. The summed E-state index contributed by atoms with van der Waals surface area (Å²) in [5.41, 5.74) is 1.37. The quantitative estimate of drug-likeness (QED) is 0.739. The molecular formula is C20H25NO5. The van der Waals surface area contributed by atoms with Crippen LogP contribution in [0.15, 0.2) is 48.6 Å². The maximum Gasteiger partial charge on any atom is 0.328 e. The molecule has 6 heteroatoms. The summed E-state index contributed by atoms with van der Waals surface area (Å²) in [7, 11) is 3.88. The van der Waals surface area contributed by atoms with Crippen LogP contribution in [0.3, 0.4) is 0 Å². The van der Waals surface area contributed by atoms with Gasteiger partial charge in [-0.3, -0.25) is 0 Å². The van der Waals surface area contributed by atoms with Crippen LogP contribution in [-0.4, -0.2) is 54.3 Å². The van der Waals surface area contributed by atoms with Crippen molar-refractivity contribution in [1.82, 2.24) is 4.90 Å². The van der Waals surface area contributed by atoms with Crippen LogP contribution < -0.4 is 4.74 Å². The van der Waals surface area contributed by atoms with Gasteiger partial charge in [0.15, 0.2) is 0 Å². The van der Waals surface area contributed by atoms with Gasteiger partial charge >= 0.3 is 11.9 Å². The van der Waals surface area contributed by atoms with E-state index in [9.17, 15) is 9.59 Å². The summed E-state index contributed by atoms with van der Waals surface area (Å²) in [5.74, 6) is -1.57. The van der Waals surface area contributed by atoms with Crippen molar-refractivity contribution >= 4 is 22.7 Å². The zero-order valence-electron chi connectivity index (χ0n) is 15.3. The third-order valence-electron chi connectivity index (χ3n) is 3.83. The fourth-order valence-corrected chi connectivity index (χ4v) is 2.30. The molecule has 0 heterocycles. The molecule has 140 valence electrons. The number of carbonyl (C=O) groups is 2. The number of ether oxygens (including phenoxy) is 1. The predicted octanol–water partition coefficient (Wildman–Crippen LogP) is 3.05. The van der Waals surface area contributed by atoms with Crippen molar-refractivity contribution in [3.05, 3.63) is 54.1 Å². The SMILES string of the molecule is CCN(C)CCc1cc(OC)cc2ccccc12.O=C(O)/C=C/C(=O)O. The van der Waals surface area contributed by atoms with Crippen LogP contribution in [0.4, 0.5) is 0 Å². The molecule has 0 saturated heterocycles. The highest BCUT2D eigenvalue weighted by molar-refractivity contribution is 5.89. The maximum atomic E-state index is 9.55. The molecule has 0 amide bonds. The monoisotopic (exact) mass is 359 g/mol. The Hall–Kier alpha value is -2.86. The largest absolute Gasteiger partial charge is 0.497 e. The van der Waals surface area contributed by atoms with Crippen LogP contribution in [0.2, 0.25) is 0 Å². The molecule has 0 fully saturated rings. The molecule has 0 radical (unpaired) electrons. The van der Waals surface area contributed by atoms with Gasteiger partial charge in [-0.15, -0.1) is 0 Å². The van der Waals surface area contributed by atoms with E-state index in [-0.39, 0.29) is 0 Å². The summed E-state index contributed by atoms with van der Waals surface area (Å²) in [5, 5.41) is 18.2. The molecule has 0 saturated carbocycles. The first-order valence-corrected chi connectivity index (χ1v) is 8.25. The Labute approximate surface area is 153 Å². The minimum absolute atomic E-state index is 0.558. The number of aliphatic carboxylic acids is 2. The zero-order chi connectivity index (χ0) is 19.5. The van der Waals surface area contributed by atoms with Crippen LogP contribution in [0.1, 0.15) is 12.5 Å². The van der Waals surface area contributed by atoms with Gasteiger partial charge in [0.05, 0.1) is 7.11 Å². The van der Waals surface area contributed by atoms with Gasteiger partial charge in [0, 0.05) is 18.7 Å². The molecule has 0 aliphatic carbocycles. The number of benzene rings is 2. The van der Waals surface area contributed by atoms with Gasteiger partial charge in [-0.25, -0.2) is 9.59 Å². The van der Waals surface area contributed by atoms with Crippen LogP contribution in [0.25, 0.3) is 10.8 Å². The summed E-state index contributed by atoms with van der Waals surface area (Å²) in [6.07, 6.45) is 2.17. The van der Waals surface area contributed by atoms with Crippen molar-refractivity contribution < 1.29 is 24.5 Å². The van der Waals surface area contributed by atoms with E-state index in [2.05, 4.69) is 55.3 Å². The summed E-state index contributed by atoms with van der Waals surface area (Å²) in [6.45, 7) is 4.35. The minimum Gasteiger partial charge on any atom is -0.497 e. The molecule has 0 bridgehead atoms. The van der Waals surface area contributed by atoms with Gasteiger partial charge in [0.2, 0.25) is 0 Å². The number of hydrogen-bond acceptors (Lipinski definition) is 4. The first-order chi connectivity index (χ1) is 12.4. The van der Waals surface area contributed by atoms with Crippen molar-refractivity contribution in [3.63, 3.8) is 0 Å². The lowest BCUT2D eigenvalue weighted by Crippen LogP contribution is -2.20. The molecule has 0 aliphatic rings. The fourth-order valence-electron chi connectivity index (χ4n) is 2.30. The summed E-state index contributed by atoms with van der Waals surface area (Å²) in [6, 6.07) is 12.8. The Morgan fingerprint density at radius 1 is 1.12 bits per heavy atom. The van der Waals surface area contributed by atoms with Crippen LogP contribution in [-0.2, 0) is 16.0 Å². The molecule has 2 N–H and O–H groups in total. The van der Waals surface area contributed by atoms with Crippen LogP contribution in [0.5, 0.6) is 5.75 Å². The molecule has 2 rings (SSSR count). The van der Waals surface area contributed by atoms with E-state index >= 15 is 0 Å². The number of carboxylic acid groups (broad SMARTS) is 2. The van der Waals surface area contributed by atoms with E-state index < -0.39 is 11.9 Å². The molecule has 0 spiro atoms. The highest BCUT2D eigenvalue weighted by Gasteiger charge is 2.05. The van der Waals surface area contributed by atoms with E-state index in [1.165, 1.54) is 16.3 Å². The normalized spacial score (nSPS) is 10.6. The van der Waals surface area contributed by atoms with Crippen molar-refractivity contribution in [3.8, 4) is 5.75 Å². The number of likely N-dealkylation sites (N-methyl/N-ethyl adjacent to an activating group) is 1. The lowest BCUT2D eigenvalue weighted by atomic mass is 10.0. The maximum absolute atomic E-state index is 9.55. The molecule has 0 atom stereocenters. The van der Waals surface area contributed by atoms with Crippen molar-refractivity contribution in [1.29, 1.82) is 0 Å². The van der Waals surface area contributed by atoms with Crippen LogP contribution in [0, 0.1) is 0 Å². The van der Waals surface area contributed by atoms with E-state index in [1.54, 1.807) is 7.11 Å². The molecule has 6 nitrogen and oxygen atoms in total. The second kappa shape index (κ2) is 10.9. The summed E-state index contributed by atoms with van der Waals surface area (Å²) >= 11 is 0. The van der Waals surface area contributed by atoms with Gasteiger partial charge in [-0.1, -0.05) is 31.2 Å². The van der Waals surface area contributed by atoms with Gasteiger partial charge in [0.25, 0.3) is 0 Å². The lowest BCUT2D eigenvalue weighted by Gasteiger charge is -2.15. The third kappa shape index (κ3) is 7.36. The number of fused-ring (bicyclic) bond motifs is 1. The number of nitrogens with zero attached hydrogens (tertiary/aromatic N) is 1. The Morgan fingerprint density at radius 3 is 2.27 bits per heavy atom. The van der Waals surface area contributed by atoms with E-state index in [0.717, 1.165) is 25.3 Å². The lowest BCUT2D eigenvalue weighted by molar-refractivity contribution is -0.134. The number of hydrogen-bond donors (Lipinski definition) is 2. The second-order valence-electron chi connectivity index (χ2n) is 5.66. The van der Waals surface area contributed by atoms with Gasteiger partial charge in [-0.2, -0.15) is 0 Å². The summed E-state index contributed by atoms with van der Waals surface area (Å²) < 4.78 is 5.38. The number of rotatable bonds is 7. The smallest absolute Gasteiger partial charge is 0.328 e. The Bertz CT molecular complexity index is 754. The molecular weight excluding hydrogens is 334 g/mol.